The lowest BCUT2D eigenvalue weighted by molar-refractivity contribution is -0.301. The van der Waals surface area contributed by atoms with Gasteiger partial charge < -0.3 is 109 Å². The van der Waals surface area contributed by atoms with Gasteiger partial charge in [-0.2, -0.15) is 0 Å². The van der Waals surface area contributed by atoms with Crippen LogP contribution >= 0.6 is 0 Å². The zero-order valence-corrected chi connectivity index (χ0v) is 52.7. The highest BCUT2D eigenvalue weighted by Gasteiger charge is 2.45. The summed E-state index contributed by atoms with van der Waals surface area (Å²) in [7, 11) is 0. The molecule has 0 saturated carbocycles. The monoisotopic (exact) mass is 1330 g/mol. The number of phenols is 1. The molecule has 1 saturated heterocycles. The molecule has 1 fully saturated rings. The summed E-state index contributed by atoms with van der Waals surface area (Å²) in [4.78, 5) is 137. The maximum absolute atomic E-state index is 15.2. The van der Waals surface area contributed by atoms with E-state index in [4.69, 9.17) is 26.7 Å². The molecule has 30 heteroatoms. The average Bonchev–Trinajstić information content (AvgIpc) is 1.68. The van der Waals surface area contributed by atoms with Gasteiger partial charge >= 0.3 is 5.97 Å². The lowest BCUT2D eigenvalue weighted by Crippen LogP contribution is -2.62. The minimum atomic E-state index is -1.94. The second kappa shape index (κ2) is 33.5. The van der Waals surface area contributed by atoms with Crippen molar-refractivity contribution in [2.24, 2.45) is 23.1 Å². The summed E-state index contributed by atoms with van der Waals surface area (Å²) in [5, 5.41) is 81.2. The van der Waals surface area contributed by atoms with Crippen molar-refractivity contribution in [3.63, 3.8) is 0 Å². The molecule has 514 valence electrons. The molecule has 4 heterocycles. The van der Waals surface area contributed by atoms with Crippen LogP contribution in [0.4, 0.5) is 0 Å². The van der Waals surface area contributed by atoms with Crippen LogP contribution in [-0.2, 0) is 78.3 Å². The number of phenolic OH excluding ortho intramolecular Hbond substituents is 1. The maximum atomic E-state index is 15.2. The smallest absolute Gasteiger partial charge is 0.305 e. The maximum Gasteiger partial charge on any atom is 0.305 e. The number of rotatable bonds is 34. The molecule has 0 unspecified atom stereocenters. The number of benzene rings is 4. The van der Waals surface area contributed by atoms with Crippen LogP contribution in [0.1, 0.15) is 61.8 Å². The zero-order chi connectivity index (χ0) is 69.3. The molecule has 3 aromatic heterocycles. The Labute approximate surface area is 550 Å². The van der Waals surface area contributed by atoms with Crippen LogP contribution in [0.3, 0.4) is 0 Å². The summed E-state index contributed by atoms with van der Waals surface area (Å²) in [5.74, 6) is -10.00. The van der Waals surface area contributed by atoms with Crippen molar-refractivity contribution in [3.8, 4) is 5.75 Å². The van der Waals surface area contributed by atoms with E-state index in [-0.39, 0.29) is 37.9 Å². The number of aromatic nitrogens is 3. The number of unbranched alkanes of at least 4 members (excludes halogenated alkanes) is 1. The number of carboxylic acid groups (broad SMARTS) is 1. The number of hydrogen-bond donors (Lipinski definition) is 19. The van der Waals surface area contributed by atoms with Crippen molar-refractivity contribution in [1.82, 2.24) is 52.2 Å². The third-order valence-electron chi connectivity index (χ3n) is 16.7. The normalized spacial score (nSPS) is 18.8. The Kier molecular flexibility index (Phi) is 25.2. The first-order chi connectivity index (χ1) is 45.9. The molecule has 8 amide bonds. The number of aliphatic carboxylic acids is 1. The molecule has 30 nitrogen and oxygen atoms in total. The molecule has 0 spiro atoms. The Morgan fingerprint density at radius 1 is 0.542 bits per heavy atom. The molecule has 4 aromatic carbocycles. The molecule has 0 aliphatic carbocycles. The summed E-state index contributed by atoms with van der Waals surface area (Å²) in [6.07, 6.45) is -4.21. The van der Waals surface area contributed by atoms with E-state index in [0.717, 1.165) is 16.4 Å². The molecule has 0 radical (unpaired) electrons. The Morgan fingerprint density at radius 3 is 1.42 bits per heavy atom. The van der Waals surface area contributed by atoms with E-state index in [0.29, 0.717) is 57.9 Å². The summed E-state index contributed by atoms with van der Waals surface area (Å²) in [6.45, 7) is 2.04. The highest BCUT2D eigenvalue weighted by Crippen LogP contribution is 2.25. The van der Waals surface area contributed by atoms with E-state index >= 15 is 14.4 Å². The molecular weight excluding hydrogens is 1250 g/mol. The van der Waals surface area contributed by atoms with Gasteiger partial charge in [-0.05, 0) is 84.3 Å². The van der Waals surface area contributed by atoms with Crippen LogP contribution in [0.2, 0.25) is 0 Å². The lowest BCUT2D eigenvalue weighted by Gasteiger charge is -2.39. The van der Waals surface area contributed by atoms with Crippen LogP contribution in [0.5, 0.6) is 5.75 Å². The van der Waals surface area contributed by atoms with Gasteiger partial charge in [-0.3, -0.25) is 43.2 Å². The zero-order valence-electron chi connectivity index (χ0n) is 52.7. The van der Waals surface area contributed by atoms with E-state index in [1.54, 1.807) is 62.8 Å². The van der Waals surface area contributed by atoms with Crippen molar-refractivity contribution < 1.29 is 83.3 Å². The molecule has 22 N–H and O–H groups in total. The van der Waals surface area contributed by atoms with E-state index in [1.165, 1.54) is 24.3 Å². The van der Waals surface area contributed by atoms with Crippen molar-refractivity contribution in [2.75, 3.05) is 19.8 Å². The van der Waals surface area contributed by atoms with Gasteiger partial charge in [0.05, 0.1) is 19.6 Å². The second-order valence-electron chi connectivity index (χ2n) is 24.1. The molecule has 0 bridgehead atoms. The number of fused-ring (bicyclic) bond motifs is 3. The molecule has 13 atom stereocenters. The number of ether oxygens (including phenoxy) is 2. The van der Waals surface area contributed by atoms with Crippen molar-refractivity contribution in [1.29, 1.82) is 0 Å². The number of aliphatic hydroxyl groups is 4. The van der Waals surface area contributed by atoms with E-state index in [2.05, 4.69) is 52.2 Å². The molecule has 7 aromatic rings. The minimum absolute atomic E-state index is 0.0825. The number of carboxylic acids is 1. The average molecular weight is 1330 g/mol. The van der Waals surface area contributed by atoms with Crippen LogP contribution < -0.4 is 54.4 Å². The number of aromatic hydroxyl groups is 1. The fourth-order valence-electron chi connectivity index (χ4n) is 11.3. The highest BCUT2D eigenvalue weighted by atomic mass is 16.7. The number of carbonyl (C=O) groups is 9. The number of para-hydroxylation sites is 3. The largest absolute Gasteiger partial charge is 0.508 e. The number of hydrogen-bond acceptors (Lipinski definition) is 18. The van der Waals surface area contributed by atoms with Gasteiger partial charge in [0.2, 0.25) is 47.3 Å². The van der Waals surface area contributed by atoms with Crippen LogP contribution in [0, 0.1) is 5.92 Å². The number of primary amides is 1. The molecule has 1 aliphatic heterocycles. The fourth-order valence-corrected chi connectivity index (χ4v) is 11.3. The van der Waals surface area contributed by atoms with Gasteiger partial charge in [0.1, 0.15) is 78.5 Å². The standard InChI is InChI=1S/C66H83N13O17/c1-33(2)54(65(94)78-49(25-36-29-71-44-15-7-4-12-40(36)44)62(91)76-48(24-35-28-70-43-14-6-3-11-39(35)43)61(90)73-46(58(69)87)17-9-10-22-67)79-64(93)50(26-37-30-72-45-16-8-5-13-41(37)45)77-60(89)47(23-34-18-20-38(81)21-19-34)75-63(92)51(27-53(82)83)74-59(88)42(68)32-95-66-57(86)56(85)55(84)52(31-80)96-66/h3-8,11-16,18-21,28-30,33,42,46-52,54-57,66,70-72,80-81,84-86H,9-10,17,22-27,31-32,67-68H2,1-2H3,(H2,69,87)(H,73,90)(H,74,88)(H,75,92)(H,76,91)(H,77,89)(H,78,94)(H,79,93)(H,82,83)/t42-,46-,47-,48+,49-,50-,51-,52+,54-,55+,56-,57+,66+/m0/s1. The van der Waals surface area contributed by atoms with Gasteiger partial charge in [-0.25, -0.2) is 0 Å². The number of carbonyl (C=O) groups excluding carboxylic acids is 8. The van der Waals surface area contributed by atoms with Crippen molar-refractivity contribution in [2.45, 2.75) is 144 Å². The van der Waals surface area contributed by atoms with Crippen molar-refractivity contribution in [3.05, 3.63) is 138 Å². The van der Waals surface area contributed by atoms with Gasteiger partial charge in [0.15, 0.2) is 6.29 Å². The second-order valence-corrected chi connectivity index (χ2v) is 24.1. The first-order valence-electron chi connectivity index (χ1n) is 31.4. The van der Waals surface area contributed by atoms with Crippen molar-refractivity contribution >= 4 is 85.9 Å². The number of aromatic amines is 3. The van der Waals surface area contributed by atoms with Crippen LogP contribution in [-0.4, -0.2) is 198 Å². The summed E-state index contributed by atoms with van der Waals surface area (Å²) >= 11 is 0. The fraction of sp³-hybridized carbons (Fsp3) is 0.409. The molecular formula is C66H83N13O17. The van der Waals surface area contributed by atoms with E-state index in [9.17, 15) is 59.4 Å². The number of nitrogens with one attached hydrogen (secondary N) is 10. The molecule has 8 rings (SSSR count). The first-order valence-corrected chi connectivity index (χ1v) is 31.4. The Balaban J connectivity index is 1.06. The third-order valence-corrected chi connectivity index (χ3v) is 16.7. The molecule has 1 aliphatic rings. The van der Waals surface area contributed by atoms with Crippen LogP contribution in [0.15, 0.2) is 116 Å². The van der Waals surface area contributed by atoms with Gasteiger partial charge in [-0.1, -0.05) is 80.6 Å². The number of H-pyrrole nitrogens is 3. The number of aliphatic hydroxyl groups excluding tert-OH is 4. The Hall–Kier alpha value is -9.79. The summed E-state index contributed by atoms with van der Waals surface area (Å²) in [5.41, 5.74) is 21.8. The molecule has 96 heavy (non-hydrogen) atoms. The Bertz CT molecular complexity index is 3850. The van der Waals surface area contributed by atoms with Gasteiger partial charge in [0.25, 0.3) is 0 Å². The minimum Gasteiger partial charge on any atom is -0.508 e. The third kappa shape index (κ3) is 18.8. The highest BCUT2D eigenvalue weighted by molar-refractivity contribution is 6.00. The SMILES string of the molecule is CC(C)[C@H](NC(=O)[C@H](Cc1c[nH]c2ccccc12)NC(=O)[C@H](Cc1ccc(O)cc1)NC(=O)[C@H](CC(=O)O)NC(=O)[C@@H](N)CO[C@@H]1O[C@H](CO)[C@@H](O)[C@H](O)[C@H]1O)C(=O)N[C@@H](Cc1c[nH]c2ccccc12)C(=O)N[C@H](Cc1c[nH]c2ccccc12)C(=O)N[C@@H](CCCCN)C(N)=O. The quantitative estimate of drug-likeness (QED) is 0.0202. The lowest BCUT2D eigenvalue weighted by atomic mass is 9.98. The van der Waals surface area contributed by atoms with E-state index in [1.807, 2.05) is 42.5 Å². The summed E-state index contributed by atoms with van der Waals surface area (Å²) < 4.78 is 10.7. The number of amides is 8. The van der Waals surface area contributed by atoms with Crippen LogP contribution in [0.25, 0.3) is 32.7 Å². The number of nitrogens with two attached hydrogens (primary N) is 3. The van der Waals surface area contributed by atoms with Gasteiger partial charge in [0, 0.05) is 77.0 Å². The van der Waals surface area contributed by atoms with Gasteiger partial charge in [-0.15, -0.1) is 0 Å². The first kappa shape index (κ1) is 72.0. The predicted octanol–water partition coefficient (Wildman–Crippen LogP) is -1.61. The predicted molar refractivity (Wildman–Crippen MR) is 348 cm³/mol. The van der Waals surface area contributed by atoms with E-state index < -0.39 is 158 Å². The Morgan fingerprint density at radius 2 is 0.969 bits per heavy atom. The summed E-state index contributed by atoms with van der Waals surface area (Å²) in [6, 6.07) is 14.9. The topological polar surface area (TPSA) is 503 Å².